The molecule has 1 saturated heterocycles. The average Bonchev–Trinajstić information content (AvgIpc) is 3.45. The molecule has 4 heterocycles. The number of thiophene rings is 1. The van der Waals surface area contributed by atoms with Gasteiger partial charge in [0.1, 0.15) is 5.82 Å². The van der Waals surface area contributed by atoms with Crippen LogP contribution < -0.4 is 10.6 Å². The number of morpholine rings is 1. The van der Waals surface area contributed by atoms with Crippen molar-refractivity contribution in [1.82, 2.24) is 30.1 Å². The normalized spacial score (nSPS) is 18.9. The lowest BCUT2D eigenvalue weighted by atomic mass is 10.1. The molecule has 4 rings (SSSR count). The SMILES string of the molecule is CCNC(=NCC(c1cccs1)N1CCOC(C)C1)NCCc1nnc2ccccn12. The summed E-state index contributed by atoms with van der Waals surface area (Å²) in [7, 11) is 0. The van der Waals surface area contributed by atoms with E-state index in [9.17, 15) is 0 Å². The number of hydrogen-bond acceptors (Lipinski definition) is 6. The molecule has 0 spiro atoms. The number of nitrogens with one attached hydrogen (secondary N) is 2. The number of aliphatic imine (C=N–C) groups is 1. The fourth-order valence-corrected chi connectivity index (χ4v) is 4.72. The fourth-order valence-electron chi connectivity index (χ4n) is 3.87. The van der Waals surface area contributed by atoms with Gasteiger partial charge in [-0.25, -0.2) is 0 Å². The summed E-state index contributed by atoms with van der Waals surface area (Å²) in [6.45, 7) is 9.13. The van der Waals surface area contributed by atoms with E-state index >= 15 is 0 Å². The second-order valence-corrected chi connectivity index (χ2v) is 8.63. The Labute approximate surface area is 187 Å². The quantitative estimate of drug-likeness (QED) is 0.413. The van der Waals surface area contributed by atoms with Gasteiger partial charge >= 0.3 is 0 Å². The van der Waals surface area contributed by atoms with Crippen molar-refractivity contribution in [2.24, 2.45) is 4.99 Å². The van der Waals surface area contributed by atoms with E-state index < -0.39 is 0 Å². The van der Waals surface area contributed by atoms with E-state index in [2.05, 4.69) is 57.1 Å². The Kier molecular flexibility index (Phi) is 7.50. The van der Waals surface area contributed by atoms with Crippen LogP contribution >= 0.6 is 11.3 Å². The Bertz CT molecular complexity index is 971. The highest BCUT2D eigenvalue weighted by molar-refractivity contribution is 7.10. The molecule has 2 unspecified atom stereocenters. The summed E-state index contributed by atoms with van der Waals surface area (Å²) in [6.07, 6.45) is 3.02. The average molecular weight is 442 g/mol. The molecule has 2 N–H and O–H groups in total. The summed E-state index contributed by atoms with van der Waals surface area (Å²) in [5.74, 6) is 1.77. The van der Waals surface area contributed by atoms with Crippen LogP contribution in [0.2, 0.25) is 0 Å². The highest BCUT2D eigenvalue weighted by Gasteiger charge is 2.26. The number of guanidine groups is 1. The molecular weight excluding hydrogens is 410 g/mol. The molecule has 3 aromatic rings. The third kappa shape index (κ3) is 5.61. The van der Waals surface area contributed by atoms with Crippen molar-refractivity contribution in [2.75, 3.05) is 39.3 Å². The summed E-state index contributed by atoms with van der Waals surface area (Å²) in [5, 5.41) is 17.5. The van der Waals surface area contributed by atoms with E-state index in [4.69, 9.17) is 9.73 Å². The number of ether oxygens (including phenoxy) is 1. The Hall–Kier alpha value is -2.49. The first-order valence-corrected chi connectivity index (χ1v) is 11.8. The summed E-state index contributed by atoms with van der Waals surface area (Å²) >= 11 is 1.80. The molecule has 0 aromatic carbocycles. The topological polar surface area (TPSA) is 79.1 Å². The Morgan fingerprint density at radius 1 is 1.29 bits per heavy atom. The van der Waals surface area contributed by atoms with E-state index in [1.807, 2.05) is 28.8 Å². The van der Waals surface area contributed by atoms with E-state index in [1.54, 1.807) is 11.3 Å². The van der Waals surface area contributed by atoms with Gasteiger partial charge in [0.05, 0.1) is 25.3 Å². The molecule has 0 saturated carbocycles. The number of aromatic nitrogens is 3. The van der Waals surface area contributed by atoms with Gasteiger partial charge in [-0.2, -0.15) is 0 Å². The smallest absolute Gasteiger partial charge is 0.191 e. The van der Waals surface area contributed by atoms with E-state index in [0.717, 1.165) is 56.6 Å². The van der Waals surface area contributed by atoms with Crippen LogP contribution in [0.25, 0.3) is 5.65 Å². The number of hydrogen-bond donors (Lipinski definition) is 2. The lowest BCUT2D eigenvalue weighted by Gasteiger charge is -2.36. The Morgan fingerprint density at radius 2 is 2.23 bits per heavy atom. The predicted molar refractivity (Wildman–Crippen MR) is 125 cm³/mol. The third-order valence-corrected chi connectivity index (χ3v) is 6.35. The van der Waals surface area contributed by atoms with Gasteiger partial charge in [-0.05, 0) is 37.4 Å². The third-order valence-electron chi connectivity index (χ3n) is 5.38. The van der Waals surface area contributed by atoms with E-state index in [1.165, 1.54) is 4.88 Å². The predicted octanol–water partition coefficient (Wildman–Crippen LogP) is 2.35. The van der Waals surface area contributed by atoms with Crippen LogP contribution in [0.3, 0.4) is 0 Å². The monoisotopic (exact) mass is 441 g/mol. The lowest BCUT2D eigenvalue weighted by molar-refractivity contribution is -0.0327. The molecule has 0 amide bonds. The van der Waals surface area contributed by atoms with E-state index in [-0.39, 0.29) is 12.1 Å². The standard InChI is InChI=1S/C22H31N7OS/c1-3-23-22(24-10-9-21-27-26-20-8-4-5-11-29(20)21)25-15-18(19-7-6-14-31-19)28-12-13-30-17(2)16-28/h4-8,11,14,17-18H,3,9-10,12-13,15-16H2,1-2H3,(H2,23,24,25). The molecule has 0 radical (unpaired) electrons. The molecule has 1 aliphatic heterocycles. The van der Waals surface area contributed by atoms with Gasteiger partial charge < -0.3 is 15.4 Å². The van der Waals surface area contributed by atoms with Crippen LogP contribution in [-0.2, 0) is 11.2 Å². The second kappa shape index (κ2) is 10.7. The Balaban J connectivity index is 1.40. The molecule has 9 heteroatoms. The second-order valence-electron chi connectivity index (χ2n) is 7.65. The van der Waals surface area contributed by atoms with Crippen molar-refractivity contribution < 1.29 is 4.74 Å². The zero-order chi connectivity index (χ0) is 21.5. The van der Waals surface area contributed by atoms with Crippen molar-refractivity contribution in [3.63, 3.8) is 0 Å². The van der Waals surface area contributed by atoms with Gasteiger partial charge in [-0.15, -0.1) is 21.5 Å². The highest BCUT2D eigenvalue weighted by Crippen LogP contribution is 2.27. The molecule has 166 valence electrons. The van der Waals surface area contributed by atoms with Crippen molar-refractivity contribution >= 4 is 22.9 Å². The van der Waals surface area contributed by atoms with Crippen molar-refractivity contribution in [2.45, 2.75) is 32.4 Å². The molecule has 2 atom stereocenters. The zero-order valence-electron chi connectivity index (χ0n) is 18.2. The maximum atomic E-state index is 5.75. The zero-order valence-corrected chi connectivity index (χ0v) is 19.0. The minimum absolute atomic E-state index is 0.254. The largest absolute Gasteiger partial charge is 0.376 e. The molecule has 31 heavy (non-hydrogen) atoms. The van der Waals surface area contributed by atoms with Crippen LogP contribution in [-0.4, -0.2) is 70.9 Å². The minimum atomic E-state index is 0.254. The van der Waals surface area contributed by atoms with Gasteiger partial charge in [-0.3, -0.25) is 14.3 Å². The van der Waals surface area contributed by atoms with Gasteiger partial charge in [-0.1, -0.05) is 12.1 Å². The summed E-state index contributed by atoms with van der Waals surface area (Å²) in [6, 6.07) is 10.5. The van der Waals surface area contributed by atoms with Gasteiger partial charge in [0.2, 0.25) is 0 Å². The highest BCUT2D eigenvalue weighted by atomic mass is 32.1. The Morgan fingerprint density at radius 3 is 3.03 bits per heavy atom. The molecule has 8 nitrogen and oxygen atoms in total. The first-order chi connectivity index (χ1) is 15.2. The maximum absolute atomic E-state index is 5.75. The van der Waals surface area contributed by atoms with Crippen LogP contribution in [0.5, 0.6) is 0 Å². The van der Waals surface area contributed by atoms with E-state index in [0.29, 0.717) is 6.54 Å². The fraction of sp³-hybridized carbons (Fsp3) is 0.500. The molecule has 0 aliphatic carbocycles. The van der Waals surface area contributed by atoms with Crippen LogP contribution in [0.15, 0.2) is 46.9 Å². The minimum Gasteiger partial charge on any atom is -0.376 e. The molecule has 3 aromatic heterocycles. The summed E-state index contributed by atoms with van der Waals surface area (Å²) in [5.41, 5.74) is 0.872. The van der Waals surface area contributed by atoms with Gasteiger partial charge in [0.25, 0.3) is 0 Å². The van der Waals surface area contributed by atoms with Gasteiger partial charge in [0.15, 0.2) is 11.6 Å². The van der Waals surface area contributed by atoms with Crippen LogP contribution in [0.4, 0.5) is 0 Å². The summed E-state index contributed by atoms with van der Waals surface area (Å²) < 4.78 is 7.77. The lowest BCUT2D eigenvalue weighted by Crippen LogP contribution is -2.44. The van der Waals surface area contributed by atoms with Crippen molar-refractivity contribution in [1.29, 1.82) is 0 Å². The number of rotatable bonds is 8. The number of fused-ring (bicyclic) bond motifs is 1. The molecular formula is C22H31N7OS. The maximum Gasteiger partial charge on any atom is 0.191 e. The first-order valence-electron chi connectivity index (χ1n) is 10.9. The molecule has 1 aliphatic rings. The van der Waals surface area contributed by atoms with Crippen LogP contribution in [0.1, 0.15) is 30.6 Å². The first kappa shape index (κ1) is 21.7. The molecule has 1 fully saturated rings. The summed E-state index contributed by atoms with van der Waals surface area (Å²) in [4.78, 5) is 8.77. The van der Waals surface area contributed by atoms with Gasteiger partial charge in [0, 0.05) is 43.7 Å². The molecule has 0 bridgehead atoms. The number of nitrogens with zero attached hydrogens (tertiary/aromatic N) is 5. The van der Waals surface area contributed by atoms with Crippen molar-refractivity contribution in [3.8, 4) is 0 Å². The van der Waals surface area contributed by atoms with Crippen LogP contribution in [0, 0.1) is 0 Å². The number of pyridine rings is 1. The van der Waals surface area contributed by atoms with Crippen molar-refractivity contribution in [3.05, 3.63) is 52.6 Å².